The molecule has 0 bridgehead atoms. The number of nitro groups is 2. The number of rotatable bonds is 8. The van der Waals surface area contributed by atoms with Gasteiger partial charge in [-0.05, 0) is 23.3 Å². The van der Waals surface area contributed by atoms with E-state index in [4.69, 9.17) is 0 Å². The standard InChI is InChI=1S/C22H18N4O6/c27-21(13-15-5-9-17(10-6-15)25(29)30)23-19-3-1-2-4-20(19)24-22(28)14-16-7-11-18(12-8-16)26(31)32/h1-12H,13-14H2,(H,23,27)(H,24,28). The van der Waals surface area contributed by atoms with E-state index in [0.29, 0.717) is 22.5 Å². The van der Waals surface area contributed by atoms with E-state index in [0.717, 1.165) is 0 Å². The maximum absolute atomic E-state index is 12.4. The third kappa shape index (κ3) is 5.95. The third-order valence-electron chi connectivity index (χ3n) is 4.50. The van der Waals surface area contributed by atoms with Crippen LogP contribution >= 0.6 is 0 Å². The first-order chi connectivity index (χ1) is 15.3. The molecule has 10 heteroatoms. The zero-order chi connectivity index (χ0) is 23.1. The number of hydrogen-bond acceptors (Lipinski definition) is 6. The van der Waals surface area contributed by atoms with Gasteiger partial charge in [0.25, 0.3) is 11.4 Å². The number of non-ortho nitro benzene ring substituents is 2. The van der Waals surface area contributed by atoms with Gasteiger partial charge < -0.3 is 10.6 Å². The number of nitro benzene ring substituents is 2. The van der Waals surface area contributed by atoms with E-state index >= 15 is 0 Å². The number of para-hydroxylation sites is 2. The lowest BCUT2D eigenvalue weighted by atomic mass is 10.1. The molecule has 162 valence electrons. The summed E-state index contributed by atoms with van der Waals surface area (Å²) in [5.41, 5.74) is 1.89. The maximum atomic E-state index is 12.4. The van der Waals surface area contributed by atoms with Gasteiger partial charge in [0, 0.05) is 24.3 Å². The van der Waals surface area contributed by atoms with Crippen LogP contribution in [0.2, 0.25) is 0 Å². The molecule has 32 heavy (non-hydrogen) atoms. The van der Waals surface area contributed by atoms with Gasteiger partial charge in [-0.1, -0.05) is 36.4 Å². The predicted molar refractivity (Wildman–Crippen MR) is 117 cm³/mol. The van der Waals surface area contributed by atoms with Crippen molar-refractivity contribution in [3.8, 4) is 0 Å². The lowest BCUT2D eigenvalue weighted by molar-refractivity contribution is -0.385. The van der Waals surface area contributed by atoms with E-state index in [1.807, 2.05) is 0 Å². The van der Waals surface area contributed by atoms with Gasteiger partial charge in [0.2, 0.25) is 11.8 Å². The van der Waals surface area contributed by atoms with E-state index in [2.05, 4.69) is 10.6 Å². The summed E-state index contributed by atoms with van der Waals surface area (Å²) in [6, 6.07) is 18.0. The molecule has 3 rings (SSSR count). The van der Waals surface area contributed by atoms with Crippen molar-refractivity contribution in [2.45, 2.75) is 12.8 Å². The second-order valence-corrected chi connectivity index (χ2v) is 6.84. The molecule has 2 N–H and O–H groups in total. The van der Waals surface area contributed by atoms with Crippen LogP contribution in [0.15, 0.2) is 72.8 Å². The molecular formula is C22H18N4O6. The third-order valence-corrected chi connectivity index (χ3v) is 4.50. The second-order valence-electron chi connectivity index (χ2n) is 6.84. The van der Waals surface area contributed by atoms with Gasteiger partial charge >= 0.3 is 0 Å². The highest BCUT2D eigenvalue weighted by Gasteiger charge is 2.12. The Morgan fingerprint density at radius 1 is 0.625 bits per heavy atom. The molecule has 0 fully saturated rings. The molecule has 0 unspecified atom stereocenters. The van der Waals surface area contributed by atoms with Crippen LogP contribution in [-0.4, -0.2) is 21.7 Å². The smallest absolute Gasteiger partial charge is 0.269 e. The zero-order valence-electron chi connectivity index (χ0n) is 16.7. The summed E-state index contributed by atoms with van der Waals surface area (Å²) < 4.78 is 0. The van der Waals surface area contributed by atoms with Crippen LogP contribution in [0.3, 0.4) is 0 Å². The first-order valence-electron chi connectivity index (χ1n) is 9.47. The Morgan fingerprint density at radius 2 is 0.969 bits per heavy atom. The molecule has 0 aliphatic carbocycles. The molecule has 0 radical (unpaired) electrons. The molecule has 3 aromatic carbocycles. The SMILES string of the molecule is O=C(Cc1ccc([N+](=O)[O-])cc1)Nc1ccccc1NC(=O)Cc1ccc([N+](=O)[O-])cc1. The highest BCUT2D eigenvalue weighted by Crippen LogP contribution is 2.22. The Balaban J connectivity index is 1.62. The van der Waals surface area contributed by atoms with Crippen LogP contribution in [0, 0.1) is 20.2 Å². The van der Waals surface area contributed by atoms with Crippen molar-refractivity contribution in [3.05, 3.63) is 104 Å². The number of benzene rings is 3. The topological polar surface area (TPSA) is 144 Å². The van der Waals surface area contributed by atoms with Crippen LogP contribution in [0.1, 0.15) is 11.1 Å². The summed E-state index contributed by atoms with van der Waals surface area (Å²) in [7, 11) is 0. The normalized spacial score (nSPS) is 10.2. The van der Waals surface area contributed by atoms with Crippen molar-refractivity contribution < 1.29 is 19.4 Å². The Kier molecular flexibility index (Phi) is 6.86. The molecule has 0 heterocycles. The number of amides is 2. The maximum Gasteiger partial charge on any atom is 0.269 e. The minimum atomic E-state index is -0.514. The summed E-state index contributed by atoms with van der Waals surface area (Å²) in [5.74, 6) is -0.702. The fraction of sp³-hybridized carbons (Fsp3) is 0.0909. The highest BCUT2D eigenvalue weighted by molar-refractivity contribution is 6.00. The van der Waals surface area contributed by atoms with Crippen LogP contribution in [-0.2, 0) is 22.4 Å². The van der Waals surface area contributed by atoms with Crippen LogP contribution < -0.4 is 10.6 Å². The van der Waals surface area contributed by atoms with Gasteiger partial charge in [-0.25, -0.2) is 0 Å². The molecule has 0 atom stereocenters. The lowest BCUT2D eigenvalue weighted by Crippen LogP contribution is -2.19. The number of nitrogens with one attached hydrogen (secondary N) is 2. The van der Waals surface area contributed by atoms with E-state index in [9.17, 15) is 29.8 Å². The number of hydrogen-bond donors (Lipinski definition) is 2. The largest absolute Gasteiger partial charge is 0.324 e. The Morgan fingerprint density at radius 3 is 1.28 bits per heavy atom. The Labute approximate surface area is 182 Å². The summed E-state index contributed by atoms with van der Waals surface area (Å²) in [5, 5.41) is 26.9. The minimum absolute atomic E-state index is 0.00305. The molecule has 10 nitrogen and oxygen atoms in total. The van der Waals surface area contributed by atoms with Gasteiger partial charge in [-0.3, -0.25) is 29.8 Å². The number of anilines is 2. The summed E-state index contributed by atoms with van der Waals surface area (Å²) in [4.78, 5) is 45.2. The van der Waals surface area contributed by atoms with Crippen molar-refractivity contribution >= 4 is 34.6 Å². The quantitative estimate of drug-likeness (QED) is 0.407. The fourth-order valence-corrected chi connectivity index (χ4v) is 2.93. The number of carbonyl (C=O) groups is 2. The summed E-state index contributed by atoms with van der Waals surface area (Å²) in [6.07, 6.45) is 0.00609. The average molecular weight is 434 g/mol. The van der Waals surface area contributed by atoms with E-state index in [-0.39, 0.29) is 36.0 Å². The van der Waals surface area contributed by atoms with Crippen LogP contribution in [0.4, 0.5) is 22.7 Å². The molecule has 0 saturated heterocycles. The Bertz CT molecular complexity index is 1070. The number of nitrogens with zero attached hydrogens (tertiary/aromatic N) is 2. The van der Waals surface area contributed by atoms with E-state index < -0.39 is 9.85 Å². The molecule has 0 aliphatic heterocycles. The fourth-order valence-electron chi connectivity index (χ4n) is 2.93. The van der Waals surface area contributed by atoms with Crippen molar-refractivity contribution in [2.24, 2.45) is 0 Å². The van der Waals surface area contributed by atoms with E-state index in [1.54, 1.807) is 24.3 Å². The molecular weight excluding hydrogens is 416 g/mol. The van der Waals surface area contributed by atoms with Gasteiger partial charge in [0.15, 0.2) is 0 Å². The molecule has 0 saturated carbocycles. The molecule has 0 aromatic heterocycles. The summed E-state index contributed by atoms with van der Waals surface area (Å²) >= 11 is 0. The monoisotopic (exact) mass is 434 g/mol. The summed E-state index contributed by atoms with van der Waals surface area (Å²) in [6.45, 7) is 0. The average Bonchev–Trinajstić information content (AvgIpc) is 2.76. The molecule has 0 aliphatic rings. The molecule has 0 spiro atoms. The van der Waals surface area contributed by atoms with Gasteiger partial charge in [-0.15, -0.1) is 0 Å². The molecule has 3 aromatic rings. The van der Waals surface area contributed by atoms with Gasteiger partial charge in [0.1, 0.15) is 0 Å². The minimum Gasteiger partial charge on any atom is -0.324 e. The van der Waals surface area contributed by atoms with Crippen LogP contribution in [0.5, 0.6) is 0 Å². The van der Waals surface area contributed by atoms with Crippen molar-refractivity contribution in [2.75, 3.05) is 10.6 Å². The first kappa shape index (κ1) is 22.1. The van der Waals surface area contributed by atoms with Gasteiger partial charge in [0.05, 0.1) is 34.1 Å². The van der Waals surface area contributed by atoms with Crippen molar-refractivity contribution in [1.82, 2.24) is 0 Å². The van der Waals surface area contributed by atoms with Gasteiger partial charge in [-0.2, -0.15) is 0 Å². The van der Waals surface area contributed by atoms with Crippen molar-refractivity contribution in [1.29, 1.82) is 0 Å². The predicted octanol–water partition coefficient (Wildman–Crippen LogP) is 3.87. The number of carbonyl (C=O) groups excluding carboxylic acids is 2. The van der Waals surface area contributed by atoms with Crippen LogP contribution in [0.25, 0.3) is 0 Å². The molecule has 2 amide bonds. The highest BCUT2D eigenvalue weighted by atomic mass is 16.6. The zero-order valence-corrected chi connectivity index (χ0v) is 16.7. The lowest BCUT2D eigenvalue weighted by Gasteiger charge is -2.12. The van der Waals surface area contributed by atoms with E-state index in [1.165, 1.54) is 48.5 Å². The second kappa shape index (κ2) is 9.94. The van der Waals surface area contributed by atoms with Crippen molar-refractivity contribution in [3.63, 3.8) is 0 Å². The first-order valence-corrected chi connectivity index (χ1v) is 9.47. The Hall–Kier alpha value is -4.60.